The number of ether oxygens (including phenoxy) is 1. The fourth-order valence-electron chi connectivity index (χ4n) is 4.63. The van der Waals surface area contributed by atoms with Gasteiger partial charge < -0.3 is 9.64 Å². The summed E-state index contributed by atoms with van der Waals surface area (Å²) in [6.07, 6.45) is 1.40. The Morgan fingerprint density at radius 2 is 1.82 bits per heavy atom. The standard InChI is InChI=1S/C25H27N5O3/c1-16-10-11-17(2)19(14-16)30-20(18-8-6-5-7-9-18)15-29-21-22(26-24(29)30)27(3)25(32)28(23(21)31)12-13-33-4/h5-11,14-15,21-22H,12-13H2,1-4H3. The Balaban J connectivity index is 1.62. The lowest BCUT2D eigenvalue weighted by Crippen LogP contribution is -2.64. The highest BCUT2D eigenvalue weighted by Gasteiger charge is 2.54. The summed E-state index contributed by atoms with van der Waals surface area (Å²) in [5.74, 6) is 0.393. The quantitative estimate of drug-likeness (QED) is 0.708. The normalized spacial score (nSPS) is 21.9. The van der Waals surface area contributed by atoms with Crippen molar-refractivity contribution >= 4 is 29.3 Å². The molecular formula is C25H27N5O3. The van der Waals surface area contributed by atoms with Crippen LogP contribution in [0.25, 0.3) is 5.70 Å². The molecule has 1 fully saturated rings. The minimum absolute atomic E-state index is 0.209. The molecule has 2 unspecified atom stereocenters. The van der Waals surface area contributed by atoms with Crippen molar-refractivity contribution in [2.75, 3.05) is 32.2 Å². The molecule has 0 radical (unpaired) electrons. The molecule has 3 aliphatic rings. The molecule has 2 aromatic carbocycles. The van der Waals surface area contributed by atoms with E-state index in [-0.39, 0.29) is 25.1 Å². The summed E-state index contributed by atoms with van der Waals surface area (Å²) in [5.41, 5.74) is 5.20. The number of rotatable bonds is 5. The molecule has 0 spiro atoms. The molecule has 3 amide bonds. The van der Waals surface area contributed by atoms with Crippen LogP contribution in [0.3, 0.4) is 0 Å². The molecule has 2 aromatic rings. The second kappa shape index (κ2) is 8.04. The number of aliphatic imine (C=N–C) groups is 1. The van der Waals surface area contributed by atoms with E-state index >= 15 is 0 Å². The fourth-order valence-corrected chi connectivity index (χ4v) is 4.63. The molecule has 3 aliphatic heterocycles. The van der Waals surface area contributed by atoms with Gasteiger partial charge >= 0.3 is 6.03 Å². The summed E-state index contributed by atoms with van der Waals surface area (Å²) in [4.78, 5) is 38.1. The second-order valence-corrected chi connectivity index (χ2v) is 8.58. The van der Waals surface area contributed by atoms with Crippen LogP contribution in [0.4, 0.5) is 10.5 Å². The molecule has 3 heterocycles. The van der Waals surface area contributed by atoms with Gasteiger partial charge in [-0.15, -0.1) is 0 Å². The first-order chi connectivity index (χ1) is 15.9. The van der Waals surface area contributed by atoms with Crippen molar-refractivity contribution in [1.82, 2.24) is 14.7 Å². The van der Waals surface area contributed by atoms with Gasteiger partial charge in [-0.05, 0) is 31.0 Å². The van der Waals surface area contributed by atoms with Crippen LogP contribution in [-0.4, -0.2) is 72.1 Å². The van der Waals surface area contributed by atoms with Crippen LogP contribution in [0.15, 0.2) is 59.7 Å². The molecule has 0 N–H and O–H groups in total. The molecule has 1 saturated heterocycles. The Morgan fingerprint density at radius 3 is 2.55 bits per heavy atom. The lowest BCUT2D eigenvalue weighted by atomic mass is 10.1. The van der Waals surface area contributed by atoms with Crippen molar-refractivity contribution in [3.8, 4) is 0 Å². The van der Waals surface area contributed by atoms with Crippen molar-refractivity contribution in [2.45, 2.75) is 26.1 Å². The molecule has 2 atom stereocenters. The van der Waals surface area contributed by atoms with Gasteiger partial charge in [0.2, 0.25) is 5.96 Å². The van der Waals surface area contributed by atoms with Crippen LogP contribution in [0, 0.1) is 13.8 Å². The molecule has 0 aromatic heterocycles. The molecular weight excluding hydrogens is 418 g/mol. The van der Waals surface area contributed by atoms with E-state index in [2.05, 4.69) is 36.9 Å². The van der Waals surface area contributed by atoms with Crippen molar-refractivity contribution in [2.24, 2.45) is 4.99 Å². The number of carbonyl (C=O) groups excluding carboxylic acids is 2. The SMILES string of the molecule is COCCN1C(=O)C2C(N=C3N(c4cc(C)ccc4C)C(c4ccccc4)=CN32)N(C)C1=O. The van der Waals surface area contributed by atoms with Crippen molar-refractivity contribution < 1.29 is 14.3 Å². The Kier molecular flexibility index (Phi) is 5.17. The summed E-state index contributed by atoms with van der Waals surface area (Å²) < 4.78 is 5.12. The van der Waals surface area contributed by atoms with Crippen LogP contribution in [0.1, 0.15) is 16.7 Å². The summed E-state index contributed by atoms with van der Waals surface area (Å²) in [6.45, 7) is 4.62. The van der Waals surface area contributed by atoms with Gasteiger partial charge in [-0.1, -0.05) is 42.5 Å². The molecule has 8 nitrogen and oxygen atoms in total. The van der Waals surface area contributed by atoms with Gasteiger partial charge in [-0.25, -0.2) is 9.79 Å². The zero-order valence-corrected chi connectivity index (χ0v) is 19.2. The summed E-state index contributed by atoms with van der Waals surface area (Å²) in [5, 5.41) is 0. The summed E-state index contributed by atoms with van der Waals surface area (Å²) in [7, 11) is 3.25. The third-order valence-electron chi connectivity index (χ3n) is 6.41. The number of carbonyl (C=O) groups is 2. The number of hydrogen-bond acceptors (Lipinski definition) is 6. The van der Waals surface area contributed by atoms with Crippen LogP contribution in [0.2, 0.25) is 0 Å². The Bertz CT molecular complexity index is 1180. The largest absolute Gasteiger partial charge is 0.383 e. The van der Waals surface area contributed by atoms with Gasteiger partial charge in [-0.3, -0.25) is 19.5 Å². The first-order valence-electron chi connectivity index (χ1n) is 11.0. The minimum atomic E-state index is -0.617. The Morgan fingerprint density at radius 1 is 1.06 bits per heavy atom. The highest BCUT2D eigenvalue weighted by Crippen LogP contribution is 2.41. The third-order valence-corrected chi connectivity index (χ3v) is 6.41. The number of fused-ring (bicyclic) bond motifs is 3. The number of likely N-dealkylation sites (N-methyl/N-ethyl adjacent to an activating group) is 1. The Labute approximate surface area is 193 Å². The van der Waals surface area contributed by atoms with E-state index < -0.39 is 12.2 Å². The third kappa shape index (κ3) is 3.29. The monoisotopic (exact) mass is 445 g/mol. The van der Waals surface area contributed by atoms with E-state index in [0.717, 1.165) is 28.1 Å². The number of methoxy groups -OCH3 is 1. The lowest BCUT2D eigenvalue weighted by molar-refractivity contribution is -0.137. The van der Waals surface area contributed by atoms with E-state index in [0.29, 0.717) is 5.96 Å². The predicted molar refractivity (Wildman–Crippen MR) is 126 cm³/mol. The van der Waals surface area contributed by atoms with E-state index in [1.807, 2.05) is 41.4 Å². The molecule has 0 aliphatic carbocycles. The maximum absolute atomic E-state index is 13.5. The zero-order chi connectivity index (χ0) is 23.3. The number of amides is 3. The summed E-state index contributed by atoms with van der Waals surface area (Å²) in [6, 6.07) is 15.4. The van der Waals surface area contributed by atoms with Crippen molar-refractivity contribution in [3.63, 3.8) is 0 Å². The number of anilines is 1. The molecule has 0 saturated carbocycles. The number of hydrogen-bond donors (Lipinski definition) is 0. The highest BCUT2D eigenvalue weighted by atomic mass is 16.5. The smallest absolute Gasteiger partial charge is 0.328 e. The second-order valence-electron chi connectivity index (χ2n) is 8.58. The van der Waals surface area contributed by atoms with Gasteiger partial charge in [0.25, 0.3) is 5.91 Å². The summed E-state index contributed by atoms with van der Waals surface area (Å²) >= 11 is 0. The van der Waals surface area contributed by atoms with E-state index in [1.165, 1.54) is 4.90 Å². The average Bonchev–Trinajstić information content (AvgIpc) is 3.36. The molecule has 5 rings (SSSR count). The van der Waals surface area contributed by atoms with Gasteiger partial charge in [-0.2, -0.15) is 0 Å². The number of imide groups is 1. The Hall–Kier alpha value is -3.65. The van der Waals surface area contributed by atoms with Crippen LogP contribution < -0.4 is 4.90 Å². The number of guanidine groups is 1. The van der Waals surface area contributed by atoms with Gasteiger partial charge in [0.05, 0.1) is 24.5 Å². The average molecular weight is 446 g/mol. The molecule has 8 heteroatoms. The number of benzene rings is 2. The highest BCUT2D eigenvalue weighted by molar-refractivity contribution is 6.16. The number of urea groups is 1. The number of nitrogens with zero attached hydrogens (tertiary/aromatic N) is 5. The van der Waals surface area contributed by atoms with Crippen molar-refractivity contribution in [1.29, 1.82) is 0 Å². The number of aryl methyl sites for hydroxylation is 2. The zero-order valence-electron chi connectivity index (χ0n) is 19.2. The van der Waals surface area contributed by atoms with Crippen LogP contribution >= 0.6 is 0 Å². The lowest BCUT2D eigenvalue weighted by Gasteiger charge is -2.40. The molecule has 0 bridgehead atoms. The molecule has 170 valence electrons. The van der Waals surface area contributed by atoms with E-state index in [1.54, 1.807) is 19.1 Å². The van der Waals surface area contributed by atoms with Gasteiger partial charge in [0.1, 0.15) is 0 Å². The minimum Gasteiger partial charge on any atom is -0.383 e. The van der Waals surface area contributed by atoms with E-state index in [4.69, 9.17) is 9.73 Å². The maximum atomic E-state index is 13.5. The van der Waals surface area contributed by atoms with Crippen molar-refractivity contribution in [3.05, 3.63) is 71.4 Å². The molecule has 33 heavy (non-hydrogen) atoms. The van der Waals surface area contributed by atoms with Gasteiger partial charge in [0, 0.05) is 25.9 Å². The van der Waals surface area contributed by atoms with Crippen LogP contribution in [-0.2, 0) is 9.53 Å². The first-order valence-corrected chi connectivity index (χ1v) is 11.0. The first kappa shape index (κ1) is 21.2. The van der Waals surface area contributed by atoms with E-state index in [9.17, 15) is 9.59 Å². The topological polar surface area (TPSA) is 68.7 Å². The predicted octanol–water partition coefficient (Wildman–Crippen LogP) is 3.03. The maximum Gasteiger partial charge on any atom is 0.328 e. The fraction of sp³-hybridized carbons (Fsp3) is 0.320. The van der Waals surface area contributed by atoms with Crippen LogP contribution in [0.5, 0.6) is 0 Å². The van der Waals surface area contributed by atoms with Gasteiger partial charge in [0.15, 0.2) is 12.2 Å².